The standard InChI is InChI=1S/C21H24FN3O3/c1-15(26)23-13-19(16-6-7-20-21(12-16)28-14-27-20)25-10-8-24(9-11-25)18-5-3-2-4-17(18)22/h2-7,12,19H,8-11,13-14H2,1H3,(H,23,26). The highest BCUT2D eigenvalue weighted by Gasteiger charge is 2.27. The fourth-order valence-electron chi connectivity index (χ4n) is 3.80. The van der Waals surface area contributed by atoms with Gasteiger partial charge in [0.05, 0.1) is 11.7 Å². The van der Waals surface area contributed by atoms with Gasteiger partial charge in [-0.25, -0.2) is 4.39 Å². The fraction of sp³-hybridized carbons (Fsp3) is 0.381. The van der Waals surface area contributed by atoms with Crippen LogP contribution in [0.3, 0.4) is 0 Å². The Morgan fingerprint density at radius 1 is 1.11 bits per heavy atom. The fourth-order valence-corrected chi connectivity index (χ4v) is 3.80. The zero-order valence-corrected chi connectivity index (χ0v) is 15.9. The number of halogens is 1. The zero-order chi connectivity index (χ0) is 19.5. The summed E-state index contributed by atoms with van der Waals surface area (Å²) in [6.45, 7) is 5.25. The van der Waals surface area contributed by atoms with Gasteiger partial charge in [-0.2, -0.15) is 0 Å². The molecule has 28 heavy (non-hydrogen) atoms. The summed E-state index contributed by atoms with van der Waals surface area (Å²) in [6, 6.07) is 12.8. The first-order valence-electron chi connectivity index (χ1n) is 9.49. The molecular weight excluding hydrogens is 361 g/mol. The van der Waals surface area contributed by atoms with Crippen molar-refractivity contribution in [3.05, 3.63) is 53.8 Å². The molecule has 0 radical (unpaired) electrons. The second-order valence-electron chi connectivity index (χ2n) is 7.04. The number of benzene rings is 2. The average Bonchev–Trinajstić information content (AvgIpc) is 3.17. The average molecular weight is 385 g/mol. The van der Waals surface area contributed by atoms with Crippen molar-refractivity contribution in [1.82, 2.24) is 10.2 Å². The van der Waals surface area contributed by atoms with Crippen LogP contribution in [0.2, 0.25) is 0 Å². The molecule has 2 aromatic carbocycles. The molecule has 2 heterocycles. The second kappa shape index (κ2) is 8.06. The van der Waals surface area contributed by atoms with Crippen LogP contribution in [0.1, 0.15) is 18.5 Å². The summed E-state index contributed by atoms with van der Waals surface area (Å²) in [5, 5.41) is 2.93. The number of fused-ring (bicyclic) bond motifs is 1. The Bertz CT molecular complexity index is 853. The van der Waals surface area contributed by atoms with E-state index in [4.69, 9.17) is 9.47 Å². The predicted molar refractivity (Wildman–Crippen MR) is 104 cm³/mol. The molecule has 2 aromatic rings. The minimum Gasteiger partial charge on any atom is -0.454 e. The molecular formula is C21H24FN3O3. The third kappa shape index (κ3) is 3.89. The lowest BCUT2D eigenvalue weighted by Gasteiger charge is -2.40. The number of nitrogens with one attached hydrogen (secondary N) is 1. The molecule has 1 N–H and O–H groups in total. The van der Waals surface area contributed by atoms with E-state index in [1.165, 1.54) is 13.0 Å². The molecule has 2 aliphatic rings. The van der Waals surface area contributed by atoms with E-state index in [1.54, 1.807) is 6.07 Å². The first-order valence-corrected chi connectivity index (χ1v) is 9.49. The summed E-state index contributed by atoms with van der Waals surface area (Å²) < 4.78 is 25.0. The van der Waals surface area contributed by atoms with E-state index >= 15 is 0 Å². The molecule has 2 aliphatic heterocycles. The molecule has 148 valence electrons. The maximum atomic E-state index is 14.1. The van der Waals surface area contributed by atoms with Crippen molar-refractivity contribution in [1.29, 1.82) is 0 Å². The van der Waals surface area contributed by atoms with Crippen LogP contribution in [0.15, 0.2) is 42.5 Å². The lowest BCUT2D eigenvalue weighted by molar-refractivity contribution is -0.119. The number of para-hydroxylation sites is 1. The van der Waals surface area contributed by atoms with Crippen LogP contribution >= 0.6 is 0 Å². The van der Waals surface area contributed by atoms with Gasteiger partial charge in [-0.15, -0.1) is 0 Å². The highest BCUT2D eigenvalue weighted by atomic mass is 19.1. The van der Waals surface area contributed by atoms with Crippen molar-refractivity contribution in [2.45, 2.75) is 13.0 Å². The third-order valence-electron chi connectivity index (χ3n) is 5.27. The predicted octanol–water partition coefficient (Wildman–Crippen LogP) is 2.55. The highest BCUT2D eigenvalue weighted by Crippen LogP contribution is 2.35. The zero-order valence-electron chi connectivity index (χ0n) is 15.9. The molecule has 1 unspecified atom stereocenters. The lowest BCUT2D eigenvalue weighted by atomic mass is 10.0. The first kappa shape index (κ1) is 18.6. The number of carbonyl (C=O) groups is 1. The van der Waals surface area contributed by atoms with Gasteiger partial charge in [-0.3, -0.25) is 9.69 Å². The molecule has 0 saturated carbocycles. The maximum absolute atomic E-state index is 14.1. The number of amides is 1. The van der Waals surface area contributed by atoms with Crippen molar-refractivity contribution in [3.63, 3.8) is 0 Å². The van der Waals surface area contributed by atoms with Crippen LogP contribution in [0.5, 0.6) is 11.5 Å². The van der Waals surface area contributed by atoms with Crippen LogP contribution in [-0.4, -0.2) is 50.3 Å². The first-order chi connectivity index (χ1) is 13.6. The van der Waals surface area contributed by atoms with E-state index in [0.29, 0.717) is 12.2 Å². The van der Waals surface area contributed by atoms with Crippen molar-refractivity contribution in [3.8, 4) is 11.5 Å². The van der Waals surface area contributed by atoms with Gasteiger partial charge in [0.2, 0.25) is 12.7 Å². The molecule has 1 atom stereocenters. The lowest BCUT2D eigenvalue weighted by Crippen LogP contribution is -2.50. The number of carbonyl (C=O) groups excluding carboxylic acids is 1. The Morgan fingerprint density at radius 2 is 1.86 bits per heavy atom. The number of nitrogens with zero attached hydrogens (tertiary/aromatic N) is 2. The maximum Gasteiger partial charge on any atom is 0.231 e. The van der Waals surface area contributed by atoms with E-state index in [0.717, 1.165) is 43.2 Å². The molecule has 1 fully saturated rings. The molecule has 4 rings (SSSR count). The van der Waals surface area contributed by atoms with Gasteiger partial charge >= 0.3 is 0 Å². The van der Waals surface area contributed by atoms with Crippen LogP contribution in [-0.2, 0) is 4.79 Å². The van der Waals surface area contributed by atoms with E-state index in [9.17, 15) is 9.18 Å². The Hall–Kier alpha value is -2.80. The molecule has 7 heteroatoms. The van der Waals surface area contributed by atoms with Gasteiger partial charge < -0.3 is 19.7 Å². The van der Waals surface area contributed by atoms with Gasteiger partial charge in [0.1, 0.15) is 5.82 Å². The summed E-state index contributed by atoms with van der Waals surface area (Å²) >= 11 is 0. The Kier molecular flexibility index (Phi) is 5.34. The highest BCUT2D eigenvalue weighted by molar-refractivity contribution is 5.72. The van der Waals surface area contributed by atoms with E-state index in [-0.39, 0.29) is 24.6 Å². The second-order valence-corrected chi connectivity index (χ2v) is 7.04. The van der Waals surface area contributed by atoms with E-state index < -0.39 is 0 Å². The molecule has 0 aromatic heterocycles. The van der Waals surface area contributed by atoms with Crippen molar-refractivity contribution in [2.24, 2.45) is 0 Å². The SMILES string of the molecule is CC(=O)NCC(c1ccc2c(c1)OCO2)N1CCN(c2ccccc2F)CC1. The molecule has 0 spiro atoms. The van der Waals surface area contributed by atoms with Crippen LogP contribution in [0.4, 0.5) is 10.1 Å². The van der Waals surface area contributed by atoms with Crippen LogP contribution in [0, 0.1) is 5.82 Å². The summed E-state index contributed by atoms with van der Waals surface area (Å²) in [5.41, 5.74) is 1.71. The van der Waals surface area contributed by atoms with Crippen molar-refractivity contribution in [2.75, 3.05) is 44.4 Å². The number of hydrogen-bond acceptors (Lipinski definition) is 5. The number of anilines is 1. The third-order valence-corrected chi connectivity index (χ3v) is 5.27. The number of hydrogen-bond donors (Lipinski definition) is 1. The van der Waals surface area contributed by atoms with Crippen molar-refractivity contribution >= 4 is 11.6 Å². The Balaban J connectivity index is 1.50. The van der Waals surface area contributed by atoms with Gasteiger partial charge in [-0.05, 0) is 29.8 Å². The van der Waals surface area contributed by atoms with Crippen LogP contribution in [0.25, 0.3) is 0 Å². The van der Waals surface area contributed by atoms with Crippen LogP contribution < -0.4 is 19.7 Å². The summed E-state index contributed by atoms with van der Waals surface area (Å²) in [5.74, 6) is 1.22. The molecule has 1 saturated heterocycles. The summed E-state index contributed by atoms with van der Waals surface area (Å²) in [7, 11) is 0. The normalized spacial score (nSPS) is 17.4. The van der Waals surface area contributed by atoms with Gasteiger partial charge in [0.15, 0.2) is 11.5 Å². The number of ether oxygens (including phenoxy) is 2. The summed E-state index contributed by atoms with van der Waals surface area (Å²) in [4.78, 5) is 15.9. The molecule has 0 bridgehead atoms. The van der Waals surface area contributed by atoms with Gasteiger partial charge in [0, 0.05) is 39.6 Å². The van der Waals surface area contributed by atoms with Gasteiger partial charge in [0.25, 0.3) is 0 Å². The molecule has 1 amide bonds. The number of piperazine rings is 1. The van der Waals surface area contributed by atoms with E-state index in [1.807, 2.05) is 30.3 Å². The minimum atomic E-state index is -0.193. The van der Waals surface area contributed by atoms with Gasteiger partial charge in [-0.1, -0.05) is 18.2 Å². The smallest absolute Gasteiger partial charge is 0.231 e. The quantitative estimate of drug-likeness (QED) is 0.857. The summed E-state index contributed by atoms with van der Waals surface area (Å²) in [6.07, 6.45) is 0. The molecule has 6 nitrogen and oxygen atoms in total. The largest absolute Gasteiger partial charge is 0.454 e. The molecule has 0 aliphatic carbocycles. The minimum absolute atomic E-state index is 0.0150. The Labute approximate surface area is 163 Å². The Morgan fingerprint density at radius 3 is 2.61 bits per heavy atom. The monoisotopic (exact) mass is 385 g/mol. The van der Waals surface area contributed by atoms with Crippen molar-refractivity contribution < 1.29 is 18.7 Å². The topological polar surface area (TPSA) is 54.0 Å². The van der Waals surface area contributed by atoms with E-state index in [2.05, 4.69) is 15.1 Å². The number of rotatable bonds is 5.